The summed E-state index contributed by atoms with van der Waals surface area (Å²) < 4.78 is 8.24. The molecule has 8 nitrogen and oxygen atoms in total. The van der Waals surface area contributed by atoms with Gasteiger partial charge in [0.25, 0.3) is 0 Å². The van der Waals surface area contributed by atoms with E-state index in [1.165, 1.54) is 6.33 Å². The van der Waals surface area contributed by atoms with E-state index in [1.54, 1.807) is 22.9 Å². The number of aromatic hydroxyl groups is 1. The molecule has 2 atom stereocenters. The number of fused-ring (bicyclic) bond motifs is 2. The van der Waals surface area contributed by atoms with Gasteiger partial charge in [0.05, 0.1) is 11.3 Å². The summed E-state index contributed by atoms with van der Waals surface area (Å²) in [5, 5.41) is 15.6. The van der Waals surface area contributed by atoms with Gasteiger partial charge in [-0.3, -0.25) is 0 Å². The van der Waals surface area contributed by atoms with Crippen LogP contribution in [0.5, 0.6) is 11.5 Å². The molecule has 0 amide bonds. The number of para-hydroxylation sites is 1. The summed E-state index contributed by atoms with van der Waals surface area (Å²) in [4.78, 5) is 21.2. The number of hydrogen-bond donors (Lipinski definition) is 2. The van der Waals surface area contributed by atoms with Crippen LogP contribution in [0.3, 0.4) is 0 Å². The first kappa shape index (κ1) is 22.5. The Labute approximate surface area is 212 Å². The first-order valence-corrected chi connectivity index (χ1v) is 11.9. The number of ether oxygens (including phenoxy) is 1. The topological polar surface area (TPSA) is 116 Å². The molecule has 0 saturated carbocycles. The molecule has 3 heterocycles. The highest BCUT2D eigenvalue weighted by atomic mass is 16.5. The largest absolute Gasteiger partial charge is 0.508 e. The Balaban J connectivity index is 1.60. The predicted octanol–water partition coefficient (Wildman–Crippen LogP) is 5.13. The molecule has 8 heteroatoms. The molecule has 1 aliphatic heterocycles. The maximum absolute atomic E-state index is 12.5. The molecule has 0 saturated heterocycles. The van der Waals surface area contributed by atoms with Crippen LogP contribution in [0.4, 0.5) is 5.82 Å². The predicted molar refractivity (Wildman–Crippen MR) is 141 cm³/mol. The zero-order chi connectivity index (χ0) is 25.5. The molecular weight excluding hydrogens is 466 g/mol. The first-order chi connectivity index (χ1) is 18.1. The minimum absolute atomic E-state index is 0.110. The number of benzene rings is 3. The third-order valence-electron chi connectivity index (χ3n) is 6.66. The third-order valence-corrected chi connectivity index (χ3v) is 6.66. The summed E-state index contributed by atoms with van der Waals surface area (Å²) in [6.45, 7) is 1.95. The van der Waals surface area contributed by atoms with Gasteiger partial charge in [0.15, 0.2) is 5.65 Å². The van der Waals surface area contributed by atoms with E-state index in [2.05, 4.69) is 9.97 Å². The molecule has 182 valence electrons. The highest BCUT2D eigenvalue weighted by Gasteiger charge is 2.34. The fourth-order valence-corrected chi connectivity index (χ4v) is 4.94. The molecule has 2 aromatic heterocycles. The second kappa shape index (κ2) is 8.91. The van der Waals surface area contributed by atoms with Gasteiger partial charge in [0, 0.05) is 16.7 Å². The summed E-state index contributed by atoms with van der Waals surface area (Å²) in [5.74, 6) is 1.08. The fraction of sp³-hybridized carbons (Fsp3) is 0.103. The average molecular weight is 490 g/mol. The van der Waals surface area contributed by atoms with E-state index in [9.17, 15) is 9.90 Å². The Bertz CT molecular complexity index is 1680. The number of carbonyl (C=O) groups is 1. The van der Waals surface area contributed by atoms with E-state index in [-0.39, 0.29) is 11.6 Å². The van der Waals surface area contributed by atoms with Crippen LogP contribution in [0, 0.1) is 0 Å². The van der Waals surface area contributed by atoms with Crippen molar-refractivity contribution in [1.82, 2.24) is 19.7 Å². The van der Waals surface area contributed by atoms with Crippen LogP contribution in [0.15, 0.2) is 90.9 Å². The molecular formula is C29H23N5O3. The number of rotatable bonds is 5. The number of hydrogen-bond acceptors (Lipinski definition) is 7. The zero-order valence-corrected chi connectivity index (χ0v) is 19.9. The summed E-state index contributed by atoms with van der Waals surface area (Å²) >= 11 is 0. The van der Waals surface area contributed by atoms with E-state index in [0.717, 1.165) is 23.0 Å². The summed E-state index contributed by atoms with van der Waals surface area (Å²) in [7, 11) is 0. The number of carbonyl (C=O) groups excluding carboxylic acids is 1. The van der Waals surface area contributed by atoms with Crippen LogP contribution in [0.25, 0.3) is 27.9 Å². The number of phenolic OH excluding ortho intramolecular Hbond substituents is 1. The number of phenols is 1. The molecule has 0 spiro atoms. The zero-order valence-electron chi connectivity index (χ0n) is 19.9. The highest BCUT2D eigenvalue weighted by Crippen LogP contribution is 2.46. The molecule has 2 unspecified atom stereocenters. The quantitative estimate of drug-likeness (QED) is 0.329. The molecule has 3 N–H and O–H groups in total. The van der Waals surface area contributed by atoms with Gasteiger partial charge in [-0.25, -0.2) is 14.6 Å². The van der Waals surface area contributed by atoms with Crippen molar-refractivity contribution in [3.8, 4) is 22.8 Å². The Hall–Kier alpha value is -4.98. The van der Waals surface area contributed by atoms with Crippen LogP contribution in [0.2, 0.25) is 0 Å². The lowest BCUT2D eigenvalue weighted by molar-refractivity contribution is -0.108. The van der Waals surface area contributed by atoms with Crippen LogP contribution >= 0.6 is 0 Å². The number of anilines is 1. The fourth-order valence-electron chi connectivity index (χ4n) is 4.94. The lowest BCUT2D eigenvalue weighted by atomic mass is 9.83. The van der Waals surface area contributed by atoms with E-state index in [4.69, 9.17) is 15.6 Å². The number of allylic oxidation sites excluding steroid dienone is 2. The highest BCUT2D eigenvalue weighted by molar-refractivity contribution is 5.98. The van der Waals surface area contributed by atoms with Crippen LogP contribution in [-0.2, 0) is 4.79 Å². The van der Waals surface area contributed by atoms with Crippen molar-refractivity contribution in [3.63, 3.8) is 0 Å². The van der Waals surface area contributed by atoms with Crippen molar-refractivity contribution in [3.05, 3.63) is 102 Å². The van der Waals surface area contributed by atoms with Gasteiger partial charge in [-0.1, -0.05) is 60.7 Å². The second-order valence-electron chi connectivity index (χ2n) is 8.87. The molecule has 0 fully saturated rings. The third kappa shape index (κ3) is 3.70. The van der Waals surface area contributed by atoms with E-state index in [1.807, 2.05) is 67.6 Å². The van der Waals surface area contributed by atoms with E-state index >= 15 is 0 Å². The Morgan fingerprint density at radius 1 is 1.00 bits per heavy atom. The van der Waals surface area contributed by atoms with Gasteiger partial charge in [0.1, 0.15) is 47.4 Å². The standard InChI is InChI=1S/C29H23N5O3/c1-17(34-29-25(28(30)31-16-32-29)26(33-34)19-10-7-11-20(36)14-19)27-24(18-8-3-2-4-9-18)22(15-35)21-12-5-6-13-23(21)37-27/h2-17,22,36H,1H3,(H2,30,31,32). The van der Waals surface area contributed by atoms with Crippen molar-refractivity contribution in [2.24, 2.45) is 0 Å². The Kier molecular flexibility index (Phi) is 5.41. The van der Waals surface area contributed by atoms with Crippen molar-refractivity contribution in [2.75, 3.05) is 5.73 Å². The second-order valence-corrected chi connectivity index (χ2v) is 8.87. The van der Waals surface area contributed by atoms with Gasteiger partial charge in [-0.15, -0.1) is 0 Å². The van der Waals surface area contributed by atoms with Gasteiger partial charge in [-0.2, -0.15) is 5.10 Å². The molecule has 1 aliphatic rings. The SMILES string of the molecule is CC(C1=C(c2ccccc2)C(C=O)c2ccccc2O1)n1nc(-c2cccc(O)c2)c2c(N)ncnc21. The number of nitrogens with zero attached hydrogens (tertiary/aromatic N) is 4. The molecule has 3 aromatic carbocycles. The number of nitrogens with two attached hydrogens (primary N) is 1. The Morgan fingerprint density at radius 3 is 2.54 bits per heavy atom. The first-order valence-electron chi connectivity index (χ1n) is 11.9. The van der Waals surface area contributed by atoms with Gasteiger partial charge in [-0.05, 0) is 30.7 Å². The van der Waals surface area contributed by atoms with Crippen LogP contribution < -0.4 is 10.5 Å². The normalized spacial score (nSPS) is 15.8. The molecule has 5 aromatic rings. The molecule has 37 heavy (non-hydrogen) atoms. The molecule has 6 rings (SSSR count). The number of aromatic nitrogens is 4. The summed E-state index contributed by atoms with van der Waals surface area (Å²) in [6.07, 6.45) is 2.35. The number of nitrogen functional groups attached to an aromatic ring is 1. The summed E-state index contributed by atoms with van der Waals surface area (Å²) in [6, 6.07) is 23.6. The van der Waals surface area contributed by atoms with Crippen molar-refractivity contribution < 1.29 is 14.6 Å². The lowest BCUT2D eigenvalue weighted by Gasteiger charge is -2.31. The number of aldehydes is 1. The van der Waals surface area contributed by atoms with Crippen LogP contribution in [-0.4, -0.2) is 31.1 Å². The maximum atomic E-state index is 12.5. The minimum atomic E-state index is -0.517. The minimum Gasteiger partial charge on any atom is -0.508 e. The molecule has 0 aliphatic carbocycles. The van der Waals surface area contributed by atoms with E-state index in [0.29, 0.717) is 33.8 Å². The van der Waals surface area contributed by atoms with Gasteiger partial charge in [0.2, 0.25) is 0 Å². The van der Waals surface area contributed by atoms with Gasteiger partial charge < -0.3 is 20.4 Å². The Morgan fingerprint density at radius 2 is 1.76 bits per heavy atom. The summed E-state index contributed by atoms with van der Waals surface area (Å²) in [5.41, 5.74) is 10.5. The van der Waals surface area contributed by atoms with Gasteiger partial charge >= 0.3 is 0 Å². The lowest BCUT2D eigenvalue weighted by Crippen LogP contribution is -2.23. The smallest absolute Gasteiger partial charge is 0.164 e. The van der Waals surface area contributed by atoms with Crippen molar-refractivity contribution in [1.29, 1.82) is 0 Å². The monoisotopic (exact) mass is 489 g/mol. The van der Waals surface area contributed by atoms with Crippen molar-refractivity contribution >= 4 is 28.7 Å². The van der Waals surface area contributed by atoms with E-state index < -0.39 is 12.0 Å². The molecule has 0 radical (unpaired) electrons. The van der Waals surface area contributed by atoms with Crippen molar-refractivity contribution in [2.45, 2.75) is 18.9 Å². The maximum Gasteiger partial charge on any atom is 0.164 e. The average Bonchev–Trinajstić information content (AvgIpc) is 3.33. The van der Waals surface area contributed by atoms with Crippen LogP contribution in [0.1, 0.15) is 30.0 Å². The molecule has 0 bridgehead atoms.